The van der Waals surface area contributed by atoms with Gasteiger partial charge in [-0.25, -0.2) is 9.78 Å². The quantitative estimate of drug-likeness (QED) is 0.786. The number of aliphatic carboxylic acids is 1. The fourth-order valence-electron chi connectivity index (χ4n) is 1.30. The molecular formula is C11H12Cl2N2O3S. The fourth-order valence-corrected chi connectivity index (χ4v) is 2.11. The zero-order valence-electron chi connectivity index (χ0n) is 10.0. The van der Waals surface area contributed by atoms with E-state index in [1.54, 1.807) is 0 Å². The van der Waals surface area contributed by atoms with Crippen molar-refractivity contribution in [1.82, 2.24) is 10.3 Å². The van der Waals surface area contributed by atoms with E-state index in [2.05, 4.69) is 10.3 Å². The summed E-state index contributed by atoms with van der Waals surface area (Å²) in [6, 6.07) is 1.91. The monoisotopic (exact) mass is 322 g/mol. The summed E-state index contributed by atoms with van der Waals surface area (Å²) in [6.07, 6.45) is 2.18. The molecule has 1 aromatic rings. The number of hydrogen-bond donors (Lipinski definition) is 2. The molecule has 0 bridgehead atoms. The number of thioether (sulfide) groups is 1. The first kappa shape index (κ1) is 16.1. The van der Waals surface area contributed by atoms with Crippen LogP contribution < -0.4 is 5.32 Å². The predicted octanol–water partition coefficient (Wildman–Crippen LogP) is 2.32. The topological polar surface area (TPSA) is 79.3 Å². The van der Waals surface area contributed by atoms with Crippen molar-refractivity contribution >= 4 is 46.8 Å². The highest BCUT2D eigenvalue weighted by Gasteiger charge is 2.22. The largest absolute Gasteiger partial charge is 0.480 e. The molecule has 0 aliphatic carbocycles. The molecule has 1 heterocycles. The van der Waals surface area contributed by atoms with Crippen LogP contribution in [0.5, 0.6) is 0 Å². The number of aromatic nitrogens is 1. The minimum Gasteiger partial charge on any atom is -0.480 e. The van der Waals surface area contributed by atoms with Crippen molar-refractivity contribution in [3.63, 3.8) is 0 Å². The second kappa shape index (κ2) is 7.57. The summed E-state index contributed by atoms with van der Waals surface area (Å²) in [6.45, 7) is 0. The molecular weight excluding hydrogens is 311 g/mol. The average Bonchev–Trinajstić information content (AvgIpc) is 2.36. The van der Waals surface area contributed by atoms with Crippen LogP contribution in [0.2, 0.25) is 10.2 Å². The molecule has 19 heavy (non-hydrogen) atoms. The number of nitrogens with one attached hydrogen (secondary N) is 1. The Balaban J connectivity index is 2.81. The number of hydrogen-bond acceptors (Lipinski definition) is 4. The molecule has 0 aliphatic heterocycles. The molecule has 0 unspecified atom stereocenters. The lowest BCUT2D eigenvalue weighted by molar-refractivity contribution is -0.139. The van der Waals surface area contributed by atoms with E-state index in [1.807, 2.05) is 6.26 Å². The molecule has 0 saturated heterocycles. The van der Waals surface area contributed by atoms with E-state index in [0.717, 1.165) is 0 Å². The van der Waals surface area contributed by atoms with E-state index in [-0.39, 0.29) is 15.9 Å². The number of halogens is 2. The van der Waals surface area contributed by atoms with Gasteiger partial charge in [-0.2, -0.15) is 11.8 Å². The lowest BCUT2D eigenvalue weighted by atomic mass is 10.2. The van der Waals surface area contributed by atoms with Gasteiger partial charge in [-0.1, -0.05) is 23.2 Å². The first-order chi connectivity index (χ1) is 8.95. The van der Waals surface area contributed by atoms with Gasteiger partial charge in [0.15, 0.2) is 0 Å². The van der Waals surface area contributed by atoms with Crippen molar-refractivity contribution in [2.24, 2.45) is 0 Å². The molecule has 0 spiro atoms. The number of nitrogens with zero attached hydrogens (tertiary/aromatic N) is 1. The highest BCUT2D eigenvalue weighted by atomic mass is 35.5. The maximum absolute atomic E-state index is 11.9. The predicted molar refractivity (Wildman–Crippen MR) is 76.1 cm³/mol. The maximum Gasteiger partial charge on any atom is 0.326 e. The van der Waals surface area contributed by atoms with Crippen molar-refractivity contribution < 1.29 is 14.7 Å². The van der Waals surface area contributed by atoms with Crippen LogP contribution in [-0.4, -0.2) is 40.0 Å². The Morgan fingerprint density at radius 2 is 2.16 bits per heavy atom. The number of rotatable bonds is 6. The van der Waals surface area contributed by atoms with Crippen LogP contribution in [0, 0.1) is 0 Å². The number of amides is 1. The second-order valence-electron chi connectivity index (χ2n) is 3.61. The van der Waals surface area contributed by atoms with E-state index in [9.17, 15) is 9.59 Å². The Labute approximate surface area is 124 Å². The molecule has 0 radical (unpaired) electrons. The summed E-state index contributed by atoms with van der Waals surface area (Å²) in [4.78, 5) is 26.7. The van der Waals surface area contributed by atoms with Gasteiger partial charge in [0.25, 0.3) is 5.91 Å². The lowest BCUT2D eigenvalue weighted by Crippen LogP contribution is -2.41. The number of carbonyl (C=O) groups is 2. The molecule has 0 aliphatic rings. The Hall–Kier alpha value is -0.980. The van der Waals surface area contributed by atoms with Crippen molar-refractivity contribution in [3.05, 3.63) is 28.0 Å². The molecule has 0 aromatic carbocycles. The third-order valence-corrected chi connectivity index (χ3v) is 3.40. The molecule has 1 aromatic heterocycles. The van der Waals surface area contributed by atoms with E-state index >= 15 is 0 Å². The SMILES string of the molecule is CSCC[C@@H](NC(=O)c1nc(Cl)ccc1Cl)C(=O)O. The third-order valence-electron chi connectivity index (χ3n) is 2.24. The van der Waals surface area contributed by atoms with Crippen molar-refractivity contribution in [2.45, 2.75) is 12.5 Å². The van der Waals surface area contributed by atoms with Gasteiger partial charge < -0.3 is 10.4 Å². The maximum atomic E-state index is 11.9. The zero-order chi connectivity index (χ0) is 14.4. The number of carboxylic acids is 1. The Kier molecular flexibility index (Phi) is 6.41. The van der Waals surface area contributed by atoms with Gasteiger partial charge in [0.1, 0.15) is 16.9 Å². The van der Waals surface area contributed by atoms with Crippen LogP contribution in [0.4, 0.5) is 0 Å². The van der Waals surface area contributed by atoms with Gasteiger partial charge in [-0.3, -0.25) is 4.79 Å². The average molecular weight is 323 g/mol. The molecule has 0 fully saturated rings. The Morgan fingerprint density at radius 1 is 1.47 bits per heavy atom. The highest BCUT2D eigenvalue weighted by Crippen LogP contribution is 2.17. The van der Waals surface area contributed by atoms with E-state index in [1.165, 1.54) is 23.9 Å². The van der Waals surface area contributed by atoms with Gasteiger partial charge in [-0.15, -0.1) is 0 Å². The first-order valence-electron chi connectivity index (χ1n) is 5.30. The van der Waals surface area contributed by atoms with Crippen LogP contribution in [0.15, 0.2) is 12.1 Å². The van der Waals surface area contributed by atoms with Crippen molar-refractivity contribution in [2.75, 3.05) is 12.0 Å². The zero-order valence-corrected chi connectivity index (χ0v) is 12.3. The van der Waals surface area contributed by atoms with Gasteiger partial charge in [0.05, 0.1) is 5.02 Å². The third kappa shape index (κ3) is 4.89. The molecule has 0 saturated carbocycles. The molecule has 1 atom stereocenters. The minimum atomic E-state index is -1.10. The second-order valence-corrected chi connectivity index (χ2v) is 5.39. The van der Waals surface area contributed by atoms with Crippen LogP contribution in [0.3, 0.4) is 0 Å². The van der Waals surface area contributed by atoms with Crippen molar-refractivity contribution in [1.29, 1.82) is 0 Å². The lowest BCUT2D eigenvalue weighted by Gasteiger charge is -2.14. The normalized spacial score (nSPS) is 11.9. The van der Waals surface area contributed by atoms with Crippen molar-refractivity contribution in [3.8, 4) is 0 Å². The number of carbonyl (C=O) groups excluding carboxylic acids is 1. The first-order valence-corrected chi connectivity index (χ1v) is 7.45. The fraction of sp³-hybridized carbons (Fsp3) is 0.364. The van der Waals surface area contributed by atoms with Gasteiger partial charge in [-0.05, 0) is 30.6 Å². The van der Waals surface area contributed by atoms with Gasteiger partial charge in [0, 0.05) is 0 Å². The van der Waals surface area contributed by atoms with Crippen LogP contribution in [0.25, 0.3) is 0 Å². The molecule has 8 heteroatoms. The molecule has 1 amide bonds. The van der Waals surface area contributed by atoms with Crippen LogP contribution >= 0.6 is 35.0 Å². The summed E-state index contributed by atoms with van der Waals surface area (Å²) in [5.41, 5.74) is -0.0791. The van der Waals surface area contributed by atoms with Gasteiger partial charge in [0.2, 0.25) is 0 Å². The van der Waals surface area contributed by atoms with Crippen LogP contribution in [0.1, 0.15) is 16.9 Å². The Morgan fingerprint density at radius 3 is 2.74 bits per heavy atom. The standard InChI is InChI=1S/C11H12Cl2N2O3S/c1-19-5-4-7(11(17)18)14-10(16)9-6(12)2-3-8(13)15-9/h2-3,7H,4-5H2,1H3,(H,14,16)(H,17,18)/t7-/m1/s1. The van der Waals surface area contributed by atoms with Gasteiger partial charge >= 0.3 is 5.97 Å². The number of pyridine rings is 1. The molecule has 5 nitrogen and oxygen atoms in total. The van der Waals surface area contributed by atoms with Crippen LogP contribution in [-0.2, 0) is 4.79 Å². The summed E-state index contributed by atoms with van der Waals surface area (Å²) < 4.78 is 0. The highest BCUT2D eigenvalue weighted by molar-refractivity contribution is 7.98. The molecule has 1 rings (SSSR count). The summed E-state index contributed by atoms with van der Waals surface area (Å²) >= 11 is 13.0. The Bertz CT molecular complexity index is 485. The van der Waals surface area contributed by atoms with E-state index in [0.29, 0.717) is 12.2 Å². The molecule has 104 valence electrons. The summed E-state index contributed by atoms with van der Waals surface area (Å²) in [5, 5.41) is 11.6. The molecule has 2 N–H and O–H groups in total. The number of carboxylic acid groups (broad SMARTS) is 1. The summed E-state index contributed by atoms with van der Waals surface area (Å²) in [7, 11) is 0. The smallest absolute Gasteiger partial charge is 0.326 e. The minimum absolute atomic E-state index is 0.0791. The van der Waals surface area contributed by atoms with E-state index < -0.39 is 17.9 Å². The van der Waals surface area contributed by atoms with E-state index in [4.69, 9.17) is 28.3 Å². The summed E-state index contributed by atoms with van der Waals surface area (Å²) in [5.74, 6) is -1.13.